The Morgan fingerprint density at radius 1 is 1.22 bits per heavy atom. The van der Waals surface area contributed by atoms with Crippen LogP contribution in [-0.2, 0) is 9.53 Å². The van der Waals surface area contributed by atoms with Crippen LogP contribution in [-0.4, -0.2) is 30.9 Å². The monoisotopic (exact) mass is 397 g/mol. The Labute approximate surface area is 158 Å². The van der Waals surface area contributed by atoms with Gasteiger partial charge in [0.05, 0.1) is 12.6 Å². The first-order valence-corrected chi connectivity index (χ1v) is 9.23. The van der Waals surface area contributed by atoms with Crippen LogP contribution in [0.5, 0.6) is 5.75 Å². The van der Waals surface area contributed by atoms with E-state index in [1.54, 1.807) is 4.90 Å². The largest absolute Gasteiger partial charge is 0.573 e. The summed E-state index contributed by atoms with van der Waals surface area (Å²) in [6.07, 6.45) is -1.71. The molecule has 1 aliphatic heterocycles. The average Bonchev–Trinajstić information content (AvgIpc) is 3.14. The van der Waals surface area contributed by atoms with Crippen LogP contribution in [0.3, 0.4) is 0 Å². The molecule has 1 aromatic heterocycles. The summed E-state index contributed by atoms with van der Waals surface area (Å²) in [7, 11) is 1.52. The molecular formula is C19H18F3NO3S. The van der Waals surface area contributed by atoms with E-state index >= 15 is 0 Å². The number of amides is 1. The third-order valence-corrected chi connectivity index (χ3v) is 4.86. The fourth-order valence-corrected chi connectivity index (χ4v) is 3.71. The molecule has 0 radical (unpaired) electrons. The topological polar surface area (TPSA) is 38.8 Å². The highest BCUT2D eigenvalue weighted by molar-refractivity contribution is 7.08. The smallest absolute Gasteiger partial charge is 0.406 e. The number of nitrogens with zero attached hydrogens (tertiary/aromatic N) is 1. The highest BCUT2D eigenvalue weighted by atomic mass is 32.1. The number of thiophene rings is 1. The maximum Gasteiger partial charge on any atom is 0.573 e. The van der Waals surface area contributed by atoms with Crippen molar-refractivity contribution in [3.05, 3.63) is 58.3 Å². The van der Waals surface area contributed by atoms with Crippen LogP contribution < -0.4 is 4.74 Å². The van der Waals surface area contributed by atoms with Crippen LogP contribution in [0.4, 0.5) is 13.2 Å². The first-order valence-electron chi connectivity index (χ1n) is 8.28. The van der Waals surface area contributed by atoms with Gasteiger partial charge in [0.1, 0.15) is 5.75 Å². The lowest BCUT2D eigenvalue weighted by Crippen LogP contribution is -2.37. The van der Waals surface area contributed by atoms with Gasteiger partial charge in [-0.15, -0.1) is 13.2 Å². The minimum Gasteiger partial charge on any atom is -0.406 e. The van der Waals surface area contributed by atoms with E-state index in [0.717, 1.165) is 11.3 Å². The van der Waals surface area contributed by atoms with Gasteiger partial charge in [-0.3, -0.25) is 4.79 Å². The summed E-state index contributed by atoms with van der Waals surface area (Å²) >= 11 is 1.53. The summed E-state index contributed by atoms with van der Waals surface area (Å²) in [6.45, 7) is 0.215. The lowest BCUT2D eigenvalue weighted by Gasteiger charge is -2.36. The number of hydrogen-bond acceptors (Lipinski definition) is 4. The quantitative estimate of drug-likeness (QED) is 0.689. The molecule has 1 unspecified atom stereocenters. The van der Waals surface area contributed by atoms with Crippen LogP contribution in [0.25, 0.3) is 5.70 Å². The fourth-order valence-electron chi connectivity index (χ4n) is 3.06. The first-order chi connectivity index (χ1) is 12.9. The highest BCUT2D eigenvalue weighted by Gasteiger charge is 2.33. The second kappa shape index (κ2) is 8.14. The molecule has 4 nitrogen and oxygen atoms in total. The van der Waals surface area contributed by atoms with Gasteiger partial charge in [-0.2, -0.15) is 11.3 Å². The molecule has 3 rings (SSSR count). The number of methoxy groups -OCH3 is 1. The number of carbonyl (C=O) groups excluding carboxylic acids is 1. The molecule has 0 aliphatic carbocycles. The zero-order chi connectivity index (χ0) is 19.4. The standard InChI is InChI=1S/C19H18F3NO3S/c1-25-11-17(13-5-7-15(8-6-13)26-19(20,21)22)23-16(3-2-4-18(23)24)14-9-10-27-12-14/h3,5-10,12,17H,2,4,11H2,1H3. The van der Waals surface area contributed by atoms with Gasteiger partial charge in [0.2, 0.25) is 5.91 Å². The number of allylic oxidation sites excluding steroid dienone is 1. The Morgan fingerprint density at radius 2 is 1.96 bits per heavy atom. The Balaban J connectivity index is 1.92. The molecule has 1 atom stereocenters. The zero-order valence-corrected chi connectivity index (χ0v) is 15.3. The maximum absolute atomic E-state index is 12.7. The van der Waals surface area contributed by atoms with Gasteiger partial charge in [0.25, 0.3) is 0 Å². The molecule has 0 spiro atoms. The van der Waals surface area contributed by atoms with Crippen molar-refractivity contribution in [2.45, 2.75) is 25.2 Å². The molecule has 0 bridgehead atoms. The van der Waals surface area contributed by atoms with Crippen molar-refractivity contribution in [2.24, 2.45) is 0 Å². The van der Waals surface area contributed by atoms with E-state index in [4.69, 9.17) is 4.74 Å². The summed E-state index contributed by atoms with van der Waals surface area (Å²) in [5, 5.41) is 3.89. The van der Waals surface area contributed by atoms with Crippen molar-refractivity contribution in [3.8, 4) is 5.75 Å². The predicted molar refractivity (Wildman–Crippen MR) is 96.1 cm³/mol. The third kappa shape index (κ3) is 4.70. The van der Waals surface area contributed by atoms with Gasteiger partial charge in [-0.05, 0) is 35.6 Å². The van der Waals surface area contributed by atoms with E-state index in [9.17, 15) is 18.0 Å². The van der Waals surface area contributed by atoms with E-state index in [1.165, 1.54) is 42.7 Å². The molecule has 0 saturated carbocycles. The lowest BCUT2D eigenvalue weighted by atomic mass is 9.99. The van der Waals surface area contributed by atoms with Gasteiger partial charge in [0, 0.05) is 30.2 Å². The molecule has 0 saturated heterocycles. The van der Waals surface area contributed by atoms with E-state index in [0.29, 0.717) is 18.4 Å². The number of hydrogen-bond donors (Lipinski definition) is 0. The normalized spacial score (nSPS) is 16.2. The second-order valence-corrected chi connectivity index (χ2v) is 6.77. The molecule has 0 fully saturated rings. The van der Waals surface area contributed by atoms with Crippen molar-refractivity contribution < 1.29 is 27.4 Å². The molecule has 2 heterocycles. The molecule has 0 N–H and O–H groups in total. The molecular weight excluding hydrogens is 379 g/mol. The third-order valence-electron chi connectivity index (χ3n) is 4.18. The number of benzene rings is 1. The average molecular weight is 397 g/mol. The van der Waals surface area contributed by atoms with E-state index in [1.807, 2.05) is 22.9 Å². The summed E-state index contributed by atoms with van der Waals surface area (Å²) < 4.78 is 46.3. The minimum atomic E-state index is -4.74. The molecule has 1 aliphatic rings. The summed E-state index contributed by atoms with van der Waals surface area (Å²) in [4.78, 5) is 14.4. The predicted octanol–water partition coefficient (Wildman–Crippen LogP) is 5.00. The number of ether oxygens (including phenoxy) is 2. The Bertz CT molecular complexity index is 801. The van der Waals surface area contributed by atoms with Crippen molar-refractivity contribution >= 4 is 22.9 Å². The van der Waals surface area contributed by atoms with Crippen molar-refractivity contribution in [3.63, 3.8) is 0 Å². The van der Waals surface area contributed by atoms with Gasteiger partial charge in [0.15, 0.2) is 0 Å². The molecule has 1 aromatic carbocycles. The van der Waals surface area contributed by atoms with E-state index < -0.39 is 12.4 Å². The Hall–Kier alpha value is -2.32. The Kier molecular flexibility index (Phi) is 5.86. The van der Waals surface area contributed by atoms with Crippen LogP contribution in [0.1, 0.15) is 30.0 Å². The highest BCUT2D eigenvalue weighted by Crippen LogP contribution is 2.36. The molecule has 2 aromatic rings. The Morgan fingerprint density at radius 3 is 2.56 bits per heavy atom. The maximum atomic E-state index is 12.7. The summed E-state index contributed by atoms with van der Waals surface area (Å²) in [5.41, 5.74) is 2.40. The van der Waals surface area contributed by atoms with Crippen molar-refractivity contribution in [2.75, 3.05) is 13.7 Å². The van der Waals surface area contributed by atoms with Crippen LogP contribution in [0, 0.1) is 0 Å². The fraction of sp³-hybridized carbons (Fsp3) is 0.316. The minimum absolute atomic E-state index is 0.0450. The van der Waals surface area contributed by atoms with Crippen molar-refractivity contribution in [1.82, 2.24) is 4.90 Å². The number of halogens is 3. The number of carbonyl (C=O) groups is 1. The van der Waals surface area contributed by atoms with Crippen molar-refractivity contribution in [1.29, 1.82) is 0 Å². The second-order valence-electron chi connectivity index (χ2n) is 5.99. The summed E-state index contributed by atoms with van der Waals surface area (Å²) in [6, 6.07) is 7.03. The molecule has 27 heavy (non-hydrogen) atoms. The van der Waals surface area contributed by atoms with Crippen LogP contribution >= 0.6 is 11.3 Å². The first kappa shape index (κ1) is 19.4. The van der Waals surface area contributed by atoms with Gasteiger partial charge < -0.3 is 14.4 Å². The van der Waals surface area contributed by atoms with Gasteiger partial charge in [-0.25, -0.2) is 0 Å². The van der Waals surface area contributed by atoms with E-state index in [-0.39, 0.29) is 18.3 Å². The molecule has 1 amide bonds. The van der Waals surface area contributed by atoms with Crippen LogP contribution in [0.15, 0.2) is 47.2 Å². The lowest BCUT2D eigenvalue weighted by molar-refractivity contribution is -0.274. The number of rotatable bonds is 6. The molecule has 144 valence electrons. The van der Waals surface area contributed by atoms with Gasteiger partial charge in [-0.1, -0.05) is 18.2 Å². The zero-order valence-electron chi connectivity index (χ0n) is 14.5. The van der Waals surface area contributed by atoms with Gasteiger partial charge >= 0.3 is 6.36 Å². The van der Waals surface area contributed by atoms with E-state index in [2.05, 4.69) is 4.74 Å². The number of alkyl halides is 3. The molecule has 8 heteroatoms. The summed E-state index contributed by atoms with van der Waals surface area (Å²) in [5.74, 6) is -0.350. The van der Waals surface area contributed by atoms with Crippen LogP contribution in [0.2, 0.25) is 0 Å². The SMILES string of the molecule is COCC(c1ccc(OC(F)(F)F)cc1)N1C(=O)CCC=C1c1ccsc1.